The summed E-state index contributed by atoms with van der Waals surface area (Å²) in [5, 5.41) is 20.0. The largest absolute Gasteiger partial charge is 0.506 e. The molecular formula is C15H8N2O3S. The van der Waals surface area contributed by atoms with E-state index in [4.69, 9.17) is 4.42 Å². The third-order valence-electron chi connectivity index (χ3n) is 3.26. The summed E-state index contributed by atoms with van der Waals surface area (Å²) in [6, 6.07) is 10.6. The number of aliphatic hydroxyl groups excluding tert-OH is 1. The Morgan fingerprint density at radius 1 is 1.00 bits per heavy atom. The van der Waals surface area contributed by atoms with Gasteiger partial charge < -0.3 is 9.52 Å². The number of hydrogen-bond acceptors (Lipinski definition) is 6. The maximum atomic E-state index is 12.4. The number of thiophene rings is 1. The fourth-order valence-corrected chi connectivity index (χ4v) is 2.93. The first-order chi connectivity index (χ1) is 10.3. The second kappa shape index (κ2) is 4.39. The fraction of sp³-hybridized carbons (Fsp3) is 0. The Balaban J connectivity index is 1.82. The lowest BCUT2D eigenvalue weighted by molar-refractivity contribution is 0.105. The molecule has 0 aliphatic heterocycles. The standard InChI is InChI=1S/C15H8N2O3S/c18-12-8-4-1-2-5-9(8)13(19)11(12)15-17-16-14(20-15)10-6-3-7-21-10/h1-7,18H. The average Bonchev–Trinajstić information content (AvgIpc) is 3.21. The second-order valence-electron chi connectivity index (χ2n) is 4.49. The van der Waals surface area contributed by atoms with Gasteiger partial charge in [0.2, 0.25) is 5.78 Å². The van der Waals surface area contributed by atoms with Crippen molar-refractivity contribution in [1.29, 1.82) is 0 Å². The van der Waals surface area contributed by atoms with Crippen LogP contribution in [0.4, 0.5) is 0 Å². The van der Waals surface area contributed by atoms with E-state index in [-0.39, 0.29) is 23.0 Å². The highest BCUT2D eigenvalue weighted by molar-refractivity contribution is 7.13. The van der Waals surface area contributed by atoms with Gasteiger partial charge in [-0.3, -0.25) is 4.79 Å². The van der Waals surface area contributed by atoms with Gasteiger partial charge in [-0.05, 0) is 11.4 Å². The molecule has 0 spiro atoms. The number of carbonyl (C=O) groups excluding carboxylic acids is 1. The van der Waals surface area contributed by atoms with Crippen LogP contribution in [0.1, 0.15) is 21.8 Å². The zero-order valence-corrected chi connectivity index (χ0v) is 11.4. The number of nitrogens with zero attached hydrogens (tertiary/aromatic N) is 2. The van der Waals surface area contributed by atoms with Gasteiger partial charge in [0.1, 0.15) is 11.3 Å². The van der Waals surface area contributed by atoms with Crippen LogP contribution in [0, 0.1) is 0 Å². The minimum absolute atomic E-state index is 0.0390. The van der Waals surface area contributed by atoms with Crippen LogP contribution < -0.4 is 0 Å². The van der Waals surface area contributed by atoms with Gasteiger partial charge in [0, 0.05) is 11.1 Å². The summed E-state index contributed by atoms with van der Waals surface area (Å²) < 4.78 is 5.53. The van der Waals surface area contributed by atoms with E-state index >= 15 is 0 Å². The molecule has 0 fully saturated rings. The minimum atomic E-state index is -0.301. The highest BCUT2D eigenvalue weighted by Crippen LogP contribution is 2.37. The van der Waals surface area contributed by atoms with Crippen LogP contribution in [0.5, 0.6) is 0 Å². The number of aromatic nitrogens is 2. The molecule has 0 atom stereocenters. The molecule has 4 rings (SSSR count). The smallest absolute Gasteiger partial charge is 0.258 e. The van der Waals surface area contributed by atoms with Crippen molar-refractivity contribution >= 4 is 28.5 Å². The fourth-order valence-electron chi connectivity index (χ4n) is 2.29. The van der Waals surface area contributed by atoms with Crippen molar-refractivity contribution in [2.45, 2.75) is 0 Å². The number of ketones is 1. The molecule has 6 heteroatoms. The molecule has 1 aliphatic carbocycles. The molecule has 0 saturated heterocycles. The van der Waals surface area contributed by atoms with Crippen LogP contribution in [0.3, 0.4) is 0 Å². The van der Waals surface area contributed by atoms with Gasteiger partial charge in [-0.25, -0.2) is 0 Å². The third-order valence-corrected chi connectivity index (χ3v) is 4.12. The van der Waals surface area contributed by atoms with Crippen molar-refractivity contribution in [2.24, 2.45) is 0 Å². The summed E-state index contributed by atoms with van der Waals surface area (Å²) in [6.07, 6.45) is 0. The quantitative estimate of drug-likeness (QED) is 0.784. The van der Waals surface area contributed by atoms with Gasteiger partial charge in [-0.15, -0.1) is 21.5 Å². The van der Waals surface area contributed by atoms with Crippen molar-refractivity contribution in [3.8, 4) is 10.8 Å². The van der Waals surface area contributed by atoms with Gasteiger partial charge >= 0.3 is 0 Å². The SMILES string of the molecule is O=C1C(c2nnc(-c3cccs3)o2)=C(O)c2ccccc21. The first kappa shape index (κ1) is 12.0. The molecule has 2 heterocycles. The Morgan fingerprint density at radius 2 is 1.76 bits per heavy atom. The molecular weight excluding hydrogens is 288 g/mol. The highest BCUT2D eigenvalue weighted by atomic mass is 32.1. The first-order valence-corrected chi connectivity index (χ1v) is 7.09. The van der Waals surface area contributed by atoms with E-state index in [1.165, 1.54) is 11.3 Å². The Labute approximate surface area is 123 Å². The van der Waals surface area contributed by atoms with Gasteiger partial charge in [0.15, 0.2) is 0 Å². The number of Topliss-reactive ketones (excluding diaryl/α,β-unsaturated/α-hetero) is 1. The molecule has 0 amide bonds. The third kappa shape index (κ3) is 1.73. The van der Waals surface area contributed by atoms with Crippen molar-refractivity contribution < 1.29 is 14.3 Å². The molecule has 102 valence electrons. The molecule has 2 aromatic heterocycles. The Morgan fingerprint density at radius 3 is 2.48 bits per heavy atom. The summed E-state index contributed by atoms with van der Waals surface area (Å²) >= 11 is 1.46. The van der Waals surface area contributed by atoms with Gasteiger partial charge in [-0.2, -0.15) is 0 Å². The topological polar surface area (TPSA) is 76.2 Å². The first-order valence-electron chi connectivity index (χ1n) is 6.21. The normalized spacial score (nSPS) is 13.8. The molecule has 0 bridgehead atoms. The van der Waals surface area contributed by atoms with Crippen molar-refractivity contribution in [2.75, 3.05) is 0 Å². The number of hydrogen-bond donors (Lipinski definition) is 1. The molecule has 0 radical (unpaired) electrons. The summed E-state index contributed by atoms with van der Waals surface area (Å²) in [6.45, 7) is 0. The molecule has 1 aliphatic rings. The summed E-state index contributed by atoms with van der Waals surface area (Å²) in [7, 11) is 0. The van der Waals surface area contributed by atoms with Crippen molar-refractivity contribution in [3.63, 3.8) is 0 Å². The van der Waals surface area contributed by atoms with Crippen LogP contribution in [-0.2, 0) is 0 Å². The van der Waals surface area contributed by atoms with Crippen molar-refractivity contribution in [3.05, 3.63) is 58.8 Å². The van der Waals surface area contributed by atoms with Crippen LogP contribution in [-0.4, -0.2) is 21.1 Å². The number of aliphatic hydroxyl groups is 1. The molecule has 5 nitrogen and oxygen atoms in total. The number of allylic oxidation sites excluding steroid dienone is 1. The molecule has 1 N–H and O–H groups in total. The van der Waals surface area contributed by atoms with Gasteiger partial charge in [-0.1, -0.05) is 30.3 Å². The van der Waals surface area contributed by atoms with E-state index < -0.39 is 0 Å². The van der Waals surface area contributed by atoms with E-state index in [2.05, 4.69) is 10.2 Å². The summed E-state index contributed by atoms with van der Waals surface area (Å²) in [5.74, 6) is -0.0392. The lowest BCUT2D eigenvalue weighted by Gasteiger charge is -1.95. The second-order valence-corrected chi connectivity index (χ2v) is 5.44. The maximum Gasteiger partial charge on any atom is 0.258 e. The number of fused-ring (bicyclic) bond motifs is 1. The predicted molar refractivity (Wildman–Crippen MR) is 77.8 cm³/mol. The van der Waals surface area contributed by atoms with E-state index in [1.54, 1.807) is 24.3 Å². The van der Waals surface area contributed by atoms with Crippen LogP contribution in [0.2, 0.25) is 0 Å². The Bertz CT molecular complexity index is 878. The Kier molecular flexibility index (Phi) is 2.52. The van der Waals surface area contributed by atoms with Crippen LogP contribution in [0.25, 0.3) is 22.1 Å². The number of benzene rings is 1. The lowest BCUT2D eigenvalue weighted by atomic mass is 10.1. The monoisotopic (exact) mass is 296 g/mol. The summed E-state index contributed by atoms with van der Waals surface area (Å²) in [5.41, 5.74) is 1.00. The van der Waals surface area contributed by atoms with E-state index in [9.17, 15) is 9.90 Å². The maximum absolute atomic E-state index is 12.4. The zero-order chi connectivity index (χ0) is 14.4. The van der Waals surface area contributed by atoms with Gasteiger partial charge in [0.25, 0.3) is 11.8 Å². The Hall–Kier alpha value is -2.73. The minimum Gasteiger partial charge on any atom is -0.506 e. The summed E-state index contributed by atoms with van der Waals surface area (Å²) in [4.78, 5) is 13.2. The predicted octanol–water partition coefficient (Wildman–Crippen LogP) is 3.42. The average molecular weight is 296 g/mol. The van der Waals surface area contributed by atoms with E-state index in [1.807, 2.05) is 17.5 Å². The molecule has 0 saturated carbocycles. The molecule has 0 unspecified atom stereocenters. The van der Waals surface area contributed by atoms with Crippen LogP contribution >= 0.6 is 11.3 Å². The number of rotatable bonds is 2. The molecule has 21 heavy (non-hydrogen) atoms. The molecule has 1 aromatic carbocycles. The lowest BCUT2D eigenvalue weighted by Crippen LogP contribution is -1.98. The van der Waals surface area contributed by atoms with Gasteiger partial charge in [0.05, 0.1) is 4.88 Å². The highest BCUT2D eigenvalue weighted by Gasteiger charge is 2.33. The van der Waals surface area contributed by atoms with Crippen molar-refractivity contribution in [1.82, 2.24) is 10.2 Å². The molecule has 3 aromatic rings. The van der Waals surface area contributed by atoms with E-state index in [0.29, 0.717) is 17.0 Å². The zero-order valence-electron chi connectivity index (χ0n) is 10.6. The van der Waals surface area contributed by atoms with Crippen LogP contribution in [0.15, 0.2) is 46.2 Å². The number of carbonyl (C=O) groups is 1. The van der Waals surface area contributed by atoms with E-state index in [0.717, 1.165) is 4.88 Å².